The van der Waals surface area contributed by atoms with Crippen LogP contribution < -0.4 is 5.32 Å². The van der Waals surface area contributed by atoms with Crippen LogP contribution in [0.25, 0.3) is 0 Å². The van der Waals surface area contributed by atoms with E-state index in [9.17, 15) is 4.79 Å². The molecule has 1 unspecified atom stereocenters. The van der Waals surface area contributed by atoms with Crippen LogP contribution in [0.15, 0.2) is 29.6 Å². The fraction of sp³-hybridized carbons (Fsp3) is 0.545. The van der Waals surface area contributed by atoms with E-state index >= 15 is 0 Å². The van der Waals surface area contributed by atoms with E-state index in [4.69, 9.17) is 0 Å². The molecule has 0 bridgehead atoms. The minimum absolute atomic E-state index is 0.0955. The van der Waals surface area contributed by atoms with Crippen LogP contribution in [0.1, 0.15) is 55.2 Å². The van der Waals surface area contributed by atoms with Crippen LogP contribution in [0.3, 0.4) is 0 Å². The van der Waals surface area contributed by atoms with Gasteiger partial charge in [0.15, 0.2) is 5.13 Å². The van der Waals surface area contributed by atoms with Gasteiger partial charge in [-0.25, -0.2) is 4.98 Å². The Morgan fingerprint density at radius 1 is 1.29 bits per heavy atom. The molecule has 1 saturated heterocycles. The van der Waals surface area contributed by atoms with Gasteiger partial charge in [0.1, 0.15) is 0 Å². The average molecular weight is 401 g/mol. The van der Waals surface area contributed by atoms with Gasteiger partial charge in [0.05, 0.1) is 5.69 Å². The van der Waals surface area contributed by atoms with Crippen molar-refractivity contribution in [3.05, 3.63) is 46.5 Å². The molecule has 1 aromatic carbocycles. The summed E-state index contributed by atoms with van der Waals surface area (Å²) in [5.41, 5.74) is 2.95. The smallest absolute Gasteiger partial charge is 0.257 e. The molecule has 0 saturated carbocycles. The summed E-state index contributed by atoms with van der Waals surface area (Å²) in [6.45, 7) is 12.8. The largest absolute Gasteiger partial charge is 0.300 e. The van der Waals surface area contributed by atoms with Crippen molar-refractivity contribution in [3.63, 3.8) is 0 Å². The lowest BCUT2D eigenvalue weighted by Crippen LogP contribution is -2.33. The minimum atomic E-state index is -0.0955. The van der Waals surface area contributed by atoms with Gasteiger partial charge in [-0.05, 0) is 56.1 Å². The molecule has 2 aromatic rings. The predicted octanol–water partition coefficient (Wildman–Crippen LogP) is 4.47. The first-order valence-corrected chi connectivity index (χ1v) is 11.2. The summed E-state index contributed by atoms with van der Waals surface area (Å²) in [5.74, 6) is 0.665. The molecule has 1 atom stereocenters. The molecule has 28 heavy (non-hydrogen) atoms. The van der Waals surface area contributed by atoms with Crippen molar-refractivity contribution in [1.29, 1.82) is 0 Å². The Morgan fingerprint density at radius 2 is 2.04 bits per heavy atom. The normalized spacial score (nSPS) is 17.8. The molecule has 1 aliphatic rings. The highest BCUT2D eigenvalue weighted by Gasteiger charge is 2.17. The third kappa shape index (κ3) is 5.87. The number of thiazole rings is 1. The van der Waals surface area contributed by atoms with Gasteiger partial charge in [-0.3, -0.25) is 19.9 Å². The lowest BCUT2D eigenvalue weighted by Gasteiger charge is -2.30. The van der Waals surface area contributed by atoms with E-state index in [-0.39, 0.29) is 5.91 Å². The molecule has 2 heterocycles. The number of aromatic nitrogens is 1. The number of benzene rings is 1. The maximum Gasteiger partial charge on any atom is 0.257 e. The van der Waals surface area contributed by atoms with Gasteiger partial charge < -0.3 is 0 Å². The van der Waals surface area contributed by atoms with E-state index in [1.54, 1.807) is 0 Å². The predicted molar refractivity (Wildman–Crippen MR) is 117 cm³/mol. The number of piperidine rings is 1. The number of nitrogens with zero attached hydrogens (tertiary/aromatic N) is 3. The van der Waals surface area contributed by atoms with Crippen LogP contribution in [0.5, 0.6) is 0 Å². The van der Waals surface area contributed by atoms with Crippen molar-refractivity contribution in [1.82, 2.24) is 14.8 Å². The van der Waals surface area contributed by atoms with Crippen LogP contribution in [-0.2, 0) is 13.1 Å². The molecule has 6 heteroatoms. The second-order valence-corrected chi connectivity index (χ2v) is 8.60. The molecule has 3 rings (SSSR count). The number of carbonyl (C=O) groups excluding carboxylic acids is 1. The number of hydrogen-bond acceptors (Lipinski definition) is 5. The molecule has 0 spiro atoms. The molecule has 1 aromatic heterocycles. The molecular formula is C22H32N4OS. The third-order valence-electron chi connectivity index (χ3n) is 5.42. The van der Waals surface area contributed by atoms with Crippen LogP contribution in [0.2, 0.25) is 0 Å². The summed E-state index contributed by atoms with van der Waals surface area (Å²) in [5, 5.41) is 5.68. The van der Waals surface area contributed by atoms with E-state index in [0.717, 1.165) is 50.9 Å². The zero-order valence-electron chi connectivity index (χ0n) is 17.3. The number of nitrogens with one attached hydrogen (secondary N) is 1. The van der Waals surface area contributed by atoms with Gasteiger partial charge in [-0.1, -0.05) is 32.9 Å². The second kappa shape index (κ2) is 10.1. The van der Waals surface area contributed by atoms with Crippen molar-refractivity contribution in [2.45, 2.75) is 46.7 Å². The molecular weight excluding hydrogens is 368 g/mol. The summed E-state index contributed by atoms with van der Waals surface area (Å²) in [6, 6.07) is 7.88. The number of anilines is 1. The maximum atomic E-state index is 12.5. The van der Waals surface area contributed by atoms with Gasteiger partial charge in [0.25, 0.3) is 5.91 Å². The van der Waals surface area contributed by atoms with E-state index in [2.05, 4.69) is 46.3 Å². The highest BCUT2D eigenvalue weighted by atomic mass is 32.1. The highest BCUT2D eigenvalue weighted by Crippen LogP contribution is 2.21. The van der Waals surface area contributed by atoms with E-state index < -0.39 is 0 Å². The molecule has 0 radical (unpaired) electrons. The monoisotopic (exact) mass is 400 g/mol. The molecule has 1 aliphatic heterocycles. The summed E-state index contributed by atoms with van der Waals surface area (Å²) in [4.78, 5) is 22.0. The van der Waals surface area contributed by atoms with E-state index in [1.807, 2.05) is 24.3 Å². The molecule has 5 nitrogen and oxygen atoms in total. The second-order valence-electron chi connectivity index (χ2n) is 7.74. The van der Waals surface area contributed by atoms with Crippen molar-refractivity contribution in [2.75, 3.05) is 31.5 Å². The first-order valence-electron chi connectivity index (χ1n) is 10.4. The molecule has 0 aliphatic carbocycles. The topological polar surface area (TPSA) is 48.5 Å². The van der Waals surface area contributed by atoms with Gasteiger partial charge >= 0.3 is 0 Å². The Kier molecular flexibility index (Phi) is 7.59. The Hall–Kier alpha value is -1.76. The average Bonchev–Trinajstić information content (AvgIpc) is 3.13. The van der Waals surface area contributed by atoms with Gasteiger partial charge in [-0.15, -0.1) is 11.3 Å². The molecule has 1 N–H and O–H groups in total. The van der Waals surface area contributed by atoms with Gasteiger partial charge in [0.2, 0.25) is 0 Å². The van der Waals surface area contributed by atoms with Crippen molar-refractivity contribution in [3.8, 4) is 0 Å². The highest BCUT2D eigenvalue weighted by molar-refractivity contribution is 7.13. The Morgan fingerprint density at radius 3 is 2.71 bits per heavy atom. The Bertz CT molecular complexity index is 754. The van der Waals surface area contributed by atoms with Crippen LogP contribution in [0, 0.1) is 5.92 Å². The number of likely N-dealkylation sites (tertiary alicyclic amines) is 1. The number of hydrogen-bond donors (Lipinski definition) is 1. The zero-order valence-corrected chi connectivity index (χ0v) is 18.1. The van der Waals surface area contributed by atoms with Gasteiger partial charge in [0, 0.05) is 30.6 Å². The fourth-order valence-corrected chi connectivity index (χ4v) is 4.43. The Balaban J connectivity index is 1.54. The van der Waals surface area contributed by atoms with Crippen molar-refractivity contribution >= 4 is 22.4 Å². The summed E-state index contributed by atoms with van der Waals surface area (Å²) in [7, 11) is 0. The van der Waals surface area contributed by atoms with Crippen LogP contribution in [-0.4, -0.2) is 46.9 Å². The van der Waals surface area contributed by atoms with E-state index in [0.29, 0.717) is 10.7 Å². The zero-order chi connectivity index (χ0) is 19.9. The fourth-order valence-electron chi connectivity index (χ4n) is 3.73. The molecule has 1 fully saturated rings. The van der Waals surface area contributed by atoms with Crippen molar-refractivity contribution in [2.24, 2.45) is 5.92 Å². The SMILES string of the molecule is CCN(CC)Cc1ccc(C(=O)Nc2nc(CN3CCCC(C)C3)cs2)cc1. The Labute approximate surface area is 172 Å². The van der Waals surface area contributed by atoms with Gasteiger partial charge in [-0.2, -0.15) is 0 Å². The van der Waals surface area contributed by atoms with Crippen LogP contribution >= 0.6 is 11.3 Å². The van der Waals surface area contributed by atoms with Crippen LogP contribution in [0.4, 0.5) is 5.13 Å². The first-order chi connectivity index (χ1) is 13.6. The lowest BCUT2D eigenvalue weighted by molar-refractivity contribution is 0.102. The maximum absolute atomic E-state index is 12.5. The number of carbonyl (C=O) groups is 1. The molecule has 152 valence electrons. The number of rotatable bonds is 8. The summed E-state index contributed by atoms with van der Waals surface area (Å²) >= 11 is 1.50. The summed E-state index contributed by atoms with van der Waals surface area (Å²) < 4.78 is 0. The third-order valence-corrected chi connectivity index (χ3v) is 6.22. The van der Waals surface area contributed by atoms with Crippen molar-refractivity contribution < 1.29 is 4.79 Å². The lowest BCUT2D eigenvalue weighted by atomic mass is 10.0. The molecule has 1 amide bonds. The quantitative estimate of drug-likeness (QED) is 0.710. The van der Waals surface area contributed by atoms with E-state index in [1.165, 1.54) is 29.7 Å². The minimum Gasteiger partial charge on any atom is -0.300 e. The first kappa shape index (κ1) is 21.0. The number of amides is 1. The summed E-state index contributed by atoms with van der Waals surface area (Å²) in [6.07, 6.45) is 2.59. The standard InChI is InChI=1S/C22H32N4OS/c1-4-25(5-2)14-18-8-10-19(11-9-18)21(27)24-22-23-20(16-28-22)15-26-12-6-7-17(3)13-26/h8-11,16-17H,4-7,12-15H2,1-3H3,(H,23,24,27).